The lowest BCUT2D eigenvalue weighted by Crippen LogP contribution is -2.47. The highest BCUT2D eigenvalue weighted by Gasteiger charge is 2.40. The maximum atomic E-state index is 12.5. The molecular formula is C19H23N3O4. The zero-order valence-corrected chi connectivity index (χ0v) is 14.9. The molecule has 2 aliphatic heterocycles. The van der Waals surface area contributed by atoms with Crippen molar-refractivity contribution in [3.05, 3.63) is 35.7 Å². The molecule has 2 saturated heterocycles. The van der Waals surface area contributed by atoms with Gasteiger partial charge in [-0.2, -0.15) is 0 Å². The Balaban J connectivity index is 1.31. The van der Waals surface area contributed by atoms with Gasteiger partial charge >= 0.3 is 0 Å². The van der Waals surface area contributed by atoms with E-state index in [0.717, 1.165) is 24.0 Å². The van der Waals surface area contributed by atoms with E-state index in [4.69, 9.17) is 13.9 Å². The summed E-state index contributed by atoms with van der Waals surface area (Å²) in [6, 6.07) is 7.87. The van der Waals surface area contributed by atoms with E-state index in [-0.39, 0.29) is 5.91 Å². The third kappa shape index (κ3) is 3.50. The van der Waals surface area contributed by atoms with Crippen LogP contribution in [0.2, 0.25) is 0 Å². The number of amides is 1. The summed E-state index contributed by atoms with van der Waals surface area (Å²) in [5, 5.41) is 8.19. The molecule has 3 heterocycles. The maximum Gasteiger partial charge on any atom is 0.247 e. The molecule has 0 atom stereocenters. The molecule has 0 N–H and O–H groups in total. The van der Waals surface area contributed by atoms with E-state index in [0.29, 0.717) is 50.9 Å². The molecule has 2 aliphatic rings. The Kier molecular flexibility index (Phi) is 4.74. The molecular weight excluding hydrogens is 334 g/mol. The topological polar surface area (TPSA) is 77.7 Å². The van der Waals surface area contributed by atoms with Crippen molar-refractivity contribution in [3.63, 3.8) is 0 Å². The molecule has 7 nitrogen and oxygen atoms in total. The number of aromatic nitrogens is 2. The van der Waals surface area contributed by atoms with Gasteiger partial charge in [0.15, 0.2) is 5.79 Å². The van der Waals surface area contributed by atoms with Crippen LogP contribution in [-0.2, 0) is 20.7 Å². The van der Waals surface area contributed by atoms with E-state index in [1.54, 1.807) is 0 Å². The summed E-state index contributed by atoms with van der Waals surface area (Å²) in [6.07, 6.45) is 2.28. The summed E-state index contributed by atoms with van der Waals surface area (Å²) in [5.74, 6) is 0.646. The number of hydrogen-bond donors (Lipinski definition) is 0. The van der Waals surface area contributed by atoms with Crippen molar-refractivity contribution in [3.8, 4) is 11.5 Å². The van der Waals surface area contributed by atoms with Gasteiger partial charge in [0.05, 0.1) is 13.2 Å². The first kappa shape index (κ1) is 17.2. The largest absolute Gasteiger partial charge is 0.421 e. The van der Waals surface area contributed by atoms with Crippen LogP contribution >= 0.6 is 0 Å². The fourth-order valence-corrected chi connectivity index (χ4v) is 3.53. The van der Waals surface area contributed by atoms with Gasteiger partial charge in [0.25, 0.3) is 0 Å². The molecule has 0 radical (unpaired) electrons. The van der Waals surface area contributed by atoms with Crippen molar-refractivity contribution in [1.29, 1.82) is 0 Å². The van der Waals surface area contributed by atoms with Gasteiger partial charge in [-0.3, -0.25) is 4.79 Å². The van der Waals surface area contributed by atoms with Crippen molar-refractivity contribution >= 4 is 5.91 Å². The summed E-state index contributed by atoms with van der Waals surface area (Å²) < 4.78 is 17.1. The number of likely N-dealkylation sites (tertiary alicyclic amines) is 1. The summed E-state index contributed by atoms with van der Waals surface area (Å²) in [4.78, 5) is 14.3. The Morgan fingerprint density at radius 3 is 2.62 bits per heavy atom. The lowest BCUT2D eigenvalue weighted by molar-refractivity contribution is -0.187. The summed E-state index contributed by atoms with van der Waals surface area (Å²) in [6.45, 7) is 4.63. The van der Waals surface area contributed by atoms with E-state index in [9.17, 15) is 4.79 Å². The summed E-state index contributed by atoms with van der Waals surface area (Å²) in [5.41, 5.74) is 2.01. The number of benzene rings is 1. The number of carbonyl (C=O) groups is 1. The van der Waals surface area contributed by atoms with Crippen molar-refractivity contribution in [1.82, 2.24) is 15.1 Å². The normalized spacial score (nSPS) is 19.2. The summed E-state index contributed by atoms with van der Waals surface area (Å²) in [7, 11) is 0. The van der Waals surface area contributed by atoms with Crippen LogP contribution in [0.25, 0.3) is 11.5 Å². The number of carbonyl (C=O) groups excluding carboxylic acids is 1. The van der Waals surface area contributed by atoms with E-state index in [1.165, 1.54) is 0 Å². The van der Waals surface area contributed by atoms with E-state index >= 15 is 0 Å². The minimum absolute atomic E-state index is 0.105. The molecule has 7 heteroatoms. The average molecular weight is 357 g/mol. The van der Waals surface area contributed by atoms with Gasteiger partial charge < -0.3 is 18.8 Å². The highest BCUT2D eigenvalue weighted by molar-refractivity contribution is 5.76. The Morgan fingerprint density at radius 1 is 1.15 bits per heavy atom. The first-order valence-electron chi connectivity index (χ1n) is 9.09. The molecule has 1 spiro atoms. The standard InChI is InChI=1S/C19H23N3O4/c1-14-4-2-3-5-15(14)18-21-20-16(26-18)6-7-17(23)22-10-8-19(9-11-22)24-12-13-25-19/h2-5H,6-13H2,1H3. The zero-order chi connectivity index (χ0) is 18.0. The number of piperidine rings is 1. The van der Waals surface area contributed by atoms with Crippen molar-refractivity contribution in [2.24, 2.45) is 0 Å². The van der Waals surface area contributed by atoms with Crippen LogP contribution in [0.4, 0.5) is 0 Å². The molecule has 2 fully saturated rings. The van der Waals surface area contributed by atoms with Gasteiger partial charge in [-0.15, -0.1) is 10.2 Å². The van der Waals surface area contributed by atoms with Crippen molar-refractivity contribution in [2.75, 3.05) is 26.3 Å². The monoisotopic (exact) mass is 357 g/mol. The lowest BCUT2D eigenvalue weighted by atomic mass is 10.0. The molecule has 1 aromatic carbocycles. The van der Waals surface area contributed by atoms with E-state index < -0.39 is 5.79 Å². The molecule has 0 aliphatic carbocycles. The van der Waals surface area contributed by atoms with E-state index in [1.807, 2.05) is 36.1 Å². The SMILES string of the molecule is Cc1ccccc1-c1nnc(CCC(=O)N2CCC3(CC2)OCCO3)o1. The van der Waals surface area contributed by atoms with Gasteiger partial charge in [0, 0.05) is 44.3 Å². The van der Waals surface area contributed by atoms with Gasteiger partial charge in [-0.1, -0.05) is 18.2 Å². The van der Waals surface area contributed by atoms with Crippen LogP contribution in [0.3, 0.4) is 0 Å². The van der Waals surface area contributed by atoms with Crippen LogP contribution in [0.15, 0.2) is 28.7 Å². The second-order valence-electron chi connectivity index (χ2n) is 6.80. The molecule has 1 amide bonds. The minimum atomic E-state index is -0.453. The summed E-state index contributed by atoms with van der Waals surface area (Å²) >= 11 is 0. The molecule has 26 heavy (non-hydrogen) atoms. The number of nitrogens with zero attached hydrogens (tertiary/aromatic N) is 3. The number of ether oxygens (including phenoxy) is 2. The van der Waals surface area contributed by atoms with Crippen LogP contribution in [0.1, 0.15) is 30.7 Å². The second kappa shape index (κ2) is 7.17. The second-order valence-corrected chi connectivity index (χ2v) is 6.80. The van der Waals surface area contributed by atoms with Crippen LogP contribution in [-0.4, -0.2) is 53.1 Å². The van der Waals surface area contributed by atoms with Gasteiger partial charge in [0.2, 0.25) is 17.7 Å². The fraction of sp³-hybridized carbons (Fsp3) is 0.526. The number of aryl methyl sites for hydroxylation is 2. The predicted molar refractivity (Wildman–Crippen MR) is 93.2 cm³/mol. The molecule has 4 rings (SSSR count). The molecule has 1 aromatic heterocycles. The number of rotatable bonds is 4. The zero-order valence-electron chi connectivity index (χ0n) is 14.9. The Morgan fingerprint density at radius 2 is 1.88 bits per heavy atom. The van der Waals surface area contributed by atoms with Crippen LogP contribution in [0, 0.1) is 6.92 Å². The van der Waals surface area contributed by atoms with Crippen molar-refractivity contribution < 1.29 is 18.7 Å². The predicted octanol–water partition coefficient (Wildman–Crippen LogP) is 2.34. The molecule has 2 aromatic rings. The Hall–Kier alpha value is -2.25. The van der Waals surface area contributed by atoms with Crippen LogP contribution in [0.5, 0.6) is 0 Å². The van der Waals surface area contributed by atoms with Gasteiger partial charge in [-0.05, 0) is 18.6 Å². The molecule has 138 valence electrons. The smallest absolute Gasteiger partial charge is 0.247 e. The van der Waals surface area contributed by atoms with Crippen molar-refractivity contribution in [2.45, 2.75) is 38.4 Å². The van der Waals surface area contributed by atoms with E-state index in [2.05, 4.69) is 10.2 Å². The lowest BCUT2D eigenvalue weighted by Gasteiger charge is -2.37. The Bertz CT molecular complexity index is 773. The minimum Gasteiger partial charge on any atom is -0.421 e. The highest BCUT2D eigenvalue weighted by atomic mass is 16.7. The Labute approximate surface area is 152 Å². The first-order chi connectivity index (χ1) is 12.7. The highest BCUT2D eigenvalue weighted by Crippen LogP contribution is 2.31. The van der Waals surface area contributed by atoms with Gasteiger partial charge in [-0.25, -0.2) is 0 Å². The third-order valence-corrected chi connectivity index (χ3v) is 5.09. The molecule has 0 unspecified atom stereocenters. The van der Waals surface area contributed by atoms with Gasteiger partial charge in [0.1, 0.15) is 0 Å². The molecule has 0 bridgehead atoms. The first-order valence-corrected chi connectivity index (χ1v) is 9.09. The third-order valence-electron chi connectivity index (χ3n) is 5.09. The average Bonchev–Trinajstić information content (AvgIpc) is 3.31. The number of hydrogen-bond acceptors (Lipinski definition) is 6. The van der Waals surface area contributed by atoms with Crippen LogP contribution < -0.4 is 0 Å². The maximum absolute atomic E-state index is 12.5. The molecule has 0 saturated carbocycles. The quantitative estimate of drug-likeness (QED) is 0.836. The fourth-order valence-electron chi connectivity index (χ4n) is 3.53.